The molecule has 0 amide bonds. The minimum absolute atomic E-state index is 0.128. The van der Waals surface area contributed by atoms with Gasteiger partial charge in [0.25, 0.3) is 5.56 Å². The van der Waals surface area contributed by atoms with E-state index in [0.29, 0.717) is 12.1 Å². The molecule has 0 spiro atoms. The third-order valence-corrected chi connectivity index (χ3v) is 3.40. The molecule has 1 N–H and O–H groups in total. The van der Waals surface area contributed by atoms with Crippen molar-refractivity contribution in [1.29, 1.82) is 0 Å². The number of hydrogen-bond acceptors (Lipinski definition) is 2. The molecule has 1 heterocycles. The van der Waals surface area contributed by atoms with Gasteiger partial charge in [0.05, 0.1) is 6.04 Å². The van der Waals surface area contributed by atoms with E-state index in [4.69, 9.17) is 0 Å². The monoisotopic (exact) mass is 292 g/mol. The number of rotatable bonds is 5. The molecule has 1 atom stereocenters. The fourth-order valence-electron chi connectivity index (χ4n) is 2.31. The molecule has 2 aromatic rings. The Morgan fingerprint density at radius 1 is 1.24 bits per heavy atom. The van der Waals surface area contributed by atoms with Gasteiger partial charge in [-0.25, -0.2) is 8.78 Å². The number of nitrogens with zero attached hydrogens (tertiary/aromatic N) is 1. The van der Waals surface area contributed by atoms with Gasteiger partial charge in [-0.1, -0.05) is 25.1 Å². The molecule has 2 rings (SSSR count). The first kappa shape index (κ1) is 15.4. The van der Waals surface area contributed by atoms with Crippen LogP contribution in [0, 0.1) is 18.6 Å². The molecule has 1 unspecified atom stereocenters. The molecule has 0 aliphatic rings. The second kappa shape index (κ2) is 6.63. The van der Waals surface area contributed by atoms with Crippen molar-refractivity contribution >= 4 is 0 Å². The van der Waals surface area contributed by atoms with Crippen molar-refractivity contribution < 1.29 is 8.78 Å². The van der Waals surface area contributed by atoms with E-state index in [-0.39, 0.29) is 17.7 Å². The Labute approximate surface area is 122 Å². The molecular formula is C16H18F2N2O. The van der Waals surface area contributed by atoms with Crippen LogP contribution in [0.1, 0.15) is 24.1 Å². The molecule has 3 nitrogen and oxygen atoms in total. The average Bonchev–Trinajstić information content (AvgIpc) is 2.46. The van der Waals surface area contributed by atoms with Gasteiger partial charge in [-0.15, -0.1) is 0 Å². The zero-order chi connectivity index (χ0) is 15.4. The lowest BCUT2D eigenvalue weighted by Gasteiger charge is -2.20. The highest BCUT2D eigenvalue weighted by atomic mass is 19.2. The first-order valence-corrected chi connectivity index (χ1v) is 6.88. The van der Waals surface area contributed by atoms with Gasteiger partial charge in [0, 0.05) is 23.9 Å². The highest BCUT2D eigenvalue weighted by Gasteiger charge is 2.18. The Bertz CT molecular complexity index is 682. The maximum atomic E-state index is 14.0. The van der Waals surface area contributed by atoms with Gasteiger partial charge >= 0.3 is 0 Å². The largest absolute Gasteiger partial charge is 0.313 e. The fourth-order valence-corrected chi connectivity index (χ4v) is 2.31. The van der Waals surface area contributed by atoms with Crippen molar-refractivity contribution in [2.45, 2.75) is 26.4 Å². The van der Waals surface area contributed by atoms with Crippen LogP contribution in [-0.4, -0.2) is 11.1 Å². The molecule has 112 valence electrons. The van der Waals surface area contributed by atoms with Gasteiger partial charge < -0.3 is 9.88 Å². The van der Waals surface area contributed by atoms with Crippen LogP contribution >= 0.6 is 0 Å². The van der Waals surface area contributed by atoms with Crippen LogP contribution in [0.4, 0.5) is 8.78 Å². The quantitative estimate of drug-likeness (QED) is 0.919. The van der Waals surface area contributed by atoms with Crippen molar-refractivity contribution in [3.8, 4) is 0 Å². The highest BCUT2D eigenvalue weighted by molar-refractivity contribution is 5.23. The zero-order valence-corrected chi connectivity index (χ0v) is 12.1. The van der Waals surface area contributed by atoms with E-state index < -0.39 is 17.7 Å². The van der Waals surface area contributed by atoms with E-state index in [1.54, 1.807) is 25.3 Å². The van der Waals surface area contributed by atoms with Gasteiger partial charge in [-0.05, 0) is 25.6 Å². The maximum Gasteiger partial charge on any atom is 0.253 e. The zero-order valence-electron chi connectivity index (χ0n) is 12.1. The Morgan fingerprint density at radius 3 is 2.71 bits per heavy atom. The molecule has 5 heteroatoms. The molecule has 1 aromatic heterocycles. The maximum absolute atomic E-state index is 14.0. The summed E-state index contributed by atoms with van der Waals surface area (Å²) in [5.74, 6) is -1.75. The summed E-state index contributed by atoms with van der Waals surface area (Å²) in [6.07, 6.45) is 1.65. The normalized spacial score (nSPS) is 12.4. The van der Waals surface area contributed by atoms with Crippen molar-refractivity contribution in [2.75, 3.05) is 6.54 Å². The SMILES string of the molecule is CCNC(Cn1cccc(C)c1=O)c1cccc(F)c1F. The lowest BCUT2D eigenvalue weighted by molar-refractivity contribution is 0.428. The topological polar surface area (TPSA) is 34.0 Å². The standard InChI is InChI=1S/C16H18F2N2O/c1-3-19-14(12-7-4-8-13(17)15(12)18)10-20-9-5-6-11(2)16(20)21/h4-9,14,19H,3,10H2,1-2H3. The number of hydrogen-bond donors (Lipinski definition) is 1. The van der Waals surface area contributed by atoms with Crippen LogP contribution < -0.4 is 10.9 Å². The molecule has 0 aliphatic heterocycles. The fraction of sp³-hybridized carbons (Fsp3) is 0.312. The number of likely N-dealkylation sites (N-methyl/N-ethyl adjacent to an activating group) is 1. The van der Waals surface area contributed by atoms with Crippen molar-refractivity contribution in [1.82, 2.24) is 9.88 Å². The number of pyridine rings is 1. The van der Waals surface area contributed by atoms with Crippen LogP contribution in [0.25, 0.3) is 0 Å². The molecule has 0 saturated carbocycles. The molecule has 21 heavy (non-hydrogen) atoms. The second-order valence-electron chi connectivity index (χ2n) is 4.90. The molecule has 0 radical (unpaired) electrons. The van der Waals surface area contributed by atoms with Crippen molar-refractivity contribution in [3.63, 3.8) is 0 Å². The summed E-state index contributed by atoms with van der Waals surface area (Å²) in [6.45, 7) is 4.43. The average molecular weight is 292 g/mol. The Kier molecular flexibility index (Phi) is 4.85. The lowest BCUT2D eigenvalue weighted by atomic mass is 10.1. The Hall–Kier alpha value is -2.01. The van der Waals surface area contributed by atoms with E-state index in [1.807, 2.05) is 6.92 Å². The Morgan fingerprint density at radius 2 is 2.00 bits per heavy atom. The van der Waals surface area contributed by atoms with Gasteiger partial charge in [0.1, 0.15) is 0 Å². The van der Waals surface area contributed by atoms with Gasteiger partial charge in [0.2, 0.25) is 0 Å². The molecule has 0 bridgehead atoms. The van der Waals surface area contributed by atoms with Crippen LogP contribution in [0.15, 0.2) is 41.3 Å². The van der Waals surface area contributed by atoms with Gasteiger partial charge in [0.15, 0.2) is 11.6 Å². The summed E-state index contributed by atoms with van der Waals surface area (Å²) in [7, 11) is 0. The number of benzene rings is 1. The van der Waals surface area contributed by atoms with Crippen LogP contribution in [0.3, 0.4) is 0 Å². The highest BCUT2D eigenvalue weighted by Crippen LogP contribution is 2.20. The Balaban J connectivity index is 2.38. The smallest absolute Gasteiger partial charge is 0.253 e. The molecule has 0 fully saturated rings. The number of aromatic nitrogens is 1. The lowest BCUT2D eigenvalue weighted by Crippen LogP contribution is -2.31. The summed E-state index contributed by atoms with van der Waals surface area (Å²) in [4.78, 5) is 12.1. The number of halogens is 2. The van der Waals surface area contributed by atoms with E-state index in [9.17, 15) is 13.6 Å². The summed E-state index contributed by atoms with van der Waals surface area (Å²) < 4.78 is 28.9. The van der Waals surface area contributed by atoms with Crippen LogP contribution in [-0.2, 0) is 6.54 Å². The summed E-state index contributed by atoms with van der Waals surface area (Å²) >= 11 is 0. The third-order valence-electron chi connectivity index (χ3n) is 3.40. The van der Waals surface area contributed by atoms with E-state index in [0.717, 1.165) is 6.07 Å². The summed E-state index contributed by atoms with van der Waals surface area (Å²) in [5, 5.41) is 3.10. The van der Waals surface area contributed by atoms with Crippen molar-refractivity contribution in [2.24, 2.45) is 0 Å². The van der Waals surface area contributed by atoms with Crippen LogP contribution in [0.2, 0.25) is 0 Å². The first-order chi connectivity index (χ1) is 10.0. The number of nitrogens with one attached hydrogen (secondary N) is 1. The predicted molar refractivity (Wildman–Crippen MR) is 78.2 cm³/mol. The summed E-state index contributed by atoms with van der Waals surface area (Å²) in [5.41, 5.74) is 0.718. The molecule has 0 saturated heterocycles. The molecule has 1 aromatic carbocycles. The minimum atomic E-state index is -0.882. The second-order valence-corrected chi connectivity index (χ2v) is 4.90. The molecule has 0 aliphatic carbocycles. The van der Waals surface area contributed by atoms with Gasteiger partial charge in [-0.2, -0.15) is 0 Å². The molecular weight excluding hydrogens is 274 g/mol. The predicted octanol–water partition coefficient (Wildman–Crippen LogP) is 2.79. The first-order valence-electron chi connectivity index (χ1n) is 6.88. The third kappa shape index (κ3) is 3.36. The van der Waals surface area contributed by atoms with Gasteiger partial charge in [-0.3, -0.25) is 4.79 Å². The minimum Gasteiger partial charge on any atom is -0.313 e. The summed E-state index contributed by atoms with van der Waals surface area (Å²) in [6, 6.07) is 7.11. The van der Waals surface area contributed by atoms with E-state index >= 15 is 0 Å². The number of aryl methyl sites for hydroxylation is 1. The van der Waals surface area contributed by atoms with Crippen molar-refractivity contribution in [3.05, 3.63) is 69.6 Å². The van der Waals surface area contributed by atoms with Crippen LogP contribution in [0.5, 0.6) is 0 Å². The van der Waals surface area contributed by atoms with E-state index in [2.05, 4.69) is 5.32 Å². The van der Waals surface area contributed by atoms with E-state index in [1.165, 1.54) is 16.7 Å².